The molecular formula is C18H22N2O7S. The Bertz CT molecular complexity index is 821. The quantitative estimate of drug-likeness (QED) is 0.666. The minimum absolute atomic E-state index is 0.0497. The van der Waals surface area contributed by atoms with Crippen LogP contribution in [0.5, 0.6) is 11.5 Å². The first-order chi connectivity index (χ1) is 13.2. The van der Waals surface area contributed by atoms with Gasteiger partial charge in [0.2, 0.25) is 5.66 Å². The number of thioether (sulfide) groups is 1. The lowest BCUT2D eigenvalue weighted by molar-refractivity contribution is -0.185. The predicted octanol–water partition coefficient (Wildman–Crippen LogP) is 0.923. The number of benzene rings is 1. The highest BCUT2D eigenvalue weighted by atomic mass is 32.2. The van der Waals surface area contributed by atoms with Crippen LogP contribution in [-0.4, -0.2) is 71.0 Å². The molecule has 0 unspecified atom stereocenters. The highest BCUT2D eigenvalue weighted by molar-refractivity contribution is 8.01. The smallest absolute Gasteiger partial charge is 0.352 e. The number of fused-ring (bicyclic) bond motifs is 1. The summed E-state index contributed by atoms with van der Waals surface area (Å²) in [6.07, 6.45) is -0.747. The van der Waals surface area contributed by atoms with Gasteiger partial charge in [-0.15, -0.1) is 11.8 Å². The minimum Gasteiger partial charge on any atom is -0.496 e. The van der Waals surface area contributed by atoms with Crippen LogP contribution in [0.4, 0.5) is 0 Å². The number of nitrogens with zero attached hydrogens (tertiary/aromatic N) is 1. The van der Waals surface area contributed by atoms with Gasteiger partial charge in [-0.25, -0.2) is 4.79 Å². The van der Waals surface area contributed by atoms with Crippen molar-refractivity contribution >= 4 is 29.5 Å². The Morgan fingerprint density at radius 3 is 2.21 bits per heavy atom. The molecule has 9 nitrogen and oxygen atoms in total. The fraction of sp³-hybridized carbons (Fsp3) is 0.500. The molecule has 0 aromatic heterocycles. The molecule has 2 amide bonds. The maximum atomic E-state index is 13.2. The molecule has 2 aliphatic rings. The second-order valence-corrected chi connectivity index (χ2v) is 8.63. The molecule has 3 atom stereocenters. The first-order valence-corrected chi connectivity index (χ1v) is 9.35. The molecule has 2 N–H and O–H groups in total. The Kier molecular flexibility index (Phi) is 4.96. The van der Waals surface area contributed by atoms with Crippen LogP contribution in [0.3, 0.4) is 0 Å². The number of rotatable bonds is 6. The highest BCUT2D eigenvalue weighted by Crippen LogP contribution is 2.56. The molecule has 0 spiro atoms. The van der Waals surface area contributed by atoms with Gasteiger partial charge in [-0.05, 0) is 26.0 Å². The maximum Gasteiger partial charge on any atom is 0.352 e. The molecule has 0 bridgehead atoms. The molecule has 2 heterocycles. The van der Waals surface area contributed by atoms with Crippen LogP contribution in [0.1, 0.15) is 24.2 Å². The summed E-state index contributed by atoms with van der Waals surface area (Å²) >= 11 is 1.27. The summed E-state index contributed by atoms with van der Waals surface area (Å²) in [7, 11) is 4.19. The van der Waals surface area contributed by atoms with E-state index in [-0.39, 0.29) is 17.1 Å². The fourth-order valence-corrected chi connectivity index (χ4v) is 5.46. The molecule has 2 fully saturated rings. The third-order valence-corrected chi connectivity index (χ3v) is 6.74. The summed E-state index contributed by atoms with van der Waals surface area (Å²) in [5, 5.41) is 12.2. The van der Waals surface area contributed by atoms with Crippen molar-refractivity contribution < 1.29 is 33.7 Å². The number of carbonyl (C=O) groups is 3. The lowest BCUT2D eigenvalue weighted by Gasteiger charge is -2.49. The zero-order chi connectivity index (χ0) is 20.9. The van der Waals surface area contributed by atoms with Crippen molar-refractivity contribution in [2.45, 2.75) is 35.7 Å². The number of β-lactam (4-membered cyclic amide) rings is 1. The van der Waals surface area contributed by atoms with Crippen LogP contribution in [0.2, 0.25) is 0 Å². The van der Waals surface area contributed by atoms with Gasteiger partial charge in [0.05, 0.1) is 19.0 Å². The van der Waals surface area contributed by atoms with Gasteiger partial charge in [-0.3, -0.25) is 14.5 Å². The molecule has 3 rings (SSSR count). The number of carbonyl (C=O) groups excluding carboxylic acids is 2. The van der Waals surface area contributed by atoms with Gasteiger partial charge in [0.1, 0.15) is 22.4 Å². The lowest BCUT2D eigenvalue weighted by Crippen LogP contribution is -2.78. The van der Waals surface area contributed by atoms with E-state index in [1.165, 1.54) is 38.0 Å². The first-order valence-electron chi connectivity index (χ1n) is 8.47. The van der Waals surface area contributed by atoms with E-state index in [1.807, 2.05) is 0 Å². The standard InChI is InChI=1S/C18H22N2O7S/c1-17(2)18(16(23)24,20-14(22)12(27-5)15(20)28-17)19-13(21)11-9(25-3)7-6-8-10(11)26-4/h6-8,12,15H,1-5H3,(H,19,21)(H,23,24)/t12-,15-,18+/m1/s1. The van der Waals surface area contributed by atoms with Crippen LogP contribution < -0.4 is 14.8 Å². The van der Waals surface area contributed by atoms with Crippen molar-refractivity contribution in [3.8, 4) is 11.5 Å². The van der Waals surface area contributed by atoms with Crippen LogP contribution in [0, 0.1) is 0 Å². The monoisotopic (exact) mass is 410 g/mol. The van der Waals surface area contributed by atoms with Gasteiger partial charge in [0.25, 0.3) is 11.8 Å². The molecule has 1 aromatic carbocycles. The van der Waals surface area contributed by atoms with Crippen molar-refractivity contribution in [2.75, 3.05) is 21.3 Å². The number of carboxylic acids is 1. The van der Waals surface area contributed by atoms with Crippen molar-refractivity contribution in [1.82, 2.24) is 10.2 Å². The van der Waals surface area contributed by atoms with Gasteiger partial charge in [-0.1, -0.05) is 6.07 Å². The van der Waals surface area contributed by atoms with Crippen LogP contribution in [-0.2, 0) is 14.3 Å². The number of carboxylic acid groups (broad SMARTS) is 1. The second kappa shape index (κ2) is 6.85. The number of methoxy groups -OCH3 is 3. The zero-order valence-electron chi connectivity index (χ0n) is 16.1. The van der Waals surface area contributed by atoms with Crippen LogP contribution in [0.15, 0.2) is 18.2 Å². The summed E-state index contributed by atoms with van der Waals surface area (Å²) in [4.78, 5) is 39.3. The Morgan fingerprint density at radius 1 is 1.18 bits per heavy atom. The van der Waals surface area contributed by atoms with E-state index in [0.29, 0.717) is 0 Å². The SMILES string of the molecule is COc1cccc(OC)c1C(=O)N[C@@]1(C(=O)O)N2C(=O)[C@@H](OC)[C@H]2SC1(C)C. The van der Waals surface area contributed by atoms with Gasteiger partial charge in [0.15, 0.2) is 6.10 Å². The molecule has 0 radical (unpaired) electrons. The summed E-state index contributed by atoms with van der Waals surface area (Å²) in [5.41, 5.74) is -1.91. The molecule has 2 aliphatic heterocycles. The number of nitrogens with one attached hydrogen (secondary N) is 1. The Labute approximate surface area is 166 Å². The summed E-state index contributed by atoms with van der Waals surface area (Å²) in [6.45, 7) is 3.34. The Morgan fingerprint density at radius 2 is 1.75 bits per heavy atom. The number of hydrogen-bond acceptors (Lipinski definition) is 7. The lowest BCUT2D eigenvalue weighted by atomic mass is 9.88. The van der Waals surface area contributed by atoms with E-state index >= 15 is 0 Å². The van der Waals surface area contributed by atoms with E-state index in [0.717, 1.165) is 0 Å². The average molecular weight is 410 g/mol. The van der Waals surface area contributed by atoms with E-state index in [4.69, 9.17) is 14.2 Å². The van der Waals surface area contributed by atoms with Crippen LogP contribution >= 0.6 is 11.8 Å². The molecule has 0 saturated carbocycles. The molecule has 1 aromatic rings. The van der Waals surface area contributed by atoms with Crippen molar-refractivity contribution in [3.63, 3.8) is 0 Å². The van der Waals surface area contributed by atoms with E-state index in [9.17, 15) is 19.5 Å². The minimum atomic E-state index is -1.96. The van der Waals surface area contributed by atoms with E-state index in [2.05, 4.69) is 5.32 Å². The highest BCUT2D eigenvalue weighted by Gasteiger charge is 2.74. The molecular weight excluding hydrogens is 388 g/mol. The largest absolute Gasteiger partial charge is 0.496 e. The summed E-state index contributed by atoms with van der Waals surface area (Å²) in [6, 6.07) is 4.78. The average Bonchev–Trinajstić information content (AvgIpc) is 2.86. The van der Waals surface area contributed by atoms with Gasteiger partial charge in [-0.2, -0.15) is 0 Å². The number of amides is 2. The third-order valence-electron chi connectivity index (χ3n) is 5.16. The van der Waals surface area contributed by atoms with Crippen molar-refractivity contribution in [2.24, 2.45) is 0 Å². The Hall–Kier alpha value is -2.46. The van der Waals surface area contributed by atoms with Gasteiger partial charge in [0, 0.05) is 7.11 Å². The number of hydrogen-bond donors (Lipinski definition) is 2. The van der Waals surface area contributed by atoms with Crippen LogP contribution in [0.25, 0.3) is 0 Å². The number of ether oxygens (including phenoxy) is 3. The predicted molar refractivity (Wildman–Crippen MR) is 100 cm³/mol. The topological polar surface area (TPSA) is 114 Å². The molecule has 2 saturated heterocycles. The van der Waals surface area contributed by atoms with E-state index < -0.39 is 39.7 Å². The van der Waals surface area contributed by atoms with Gasteiger partial charge < -0.3 is 24.6 Å². The van der Waals surface area contributed by atoms with Gasteiger partial charge >= 0.3 is 5.97 Å². The summed E-state index contributed by atoms with van der Waals surface area (Å²) in [5.74, 6) is -2.10. The molecule has 0 aliphatic carbocycles. The Balaban J connectivity index is 2.07. The number of aliphatic carboxylic acids is 1. The van der Waals surface area contributed by atoms with E-state index in [1.54, 1.807) is 32.0 Å². The second-order valence-electron chi connectivity index (χ2n) is 6.89. The molecule has 28 heavy (non-hydrogen) atoms. The van der Waals surface area contributed by atoms with Crippen molar-refractivity contribution in [3.05, 3.63) is 23.8 Å². The van der Waals surface area contributed by atoms with Crippen molar-refractivity contribution in [1.29, 1.82) is 0 Å². The summed E-state index contributed by atoms with van der Waals surface area (Å²) < 4.78 is 14.6. The normalized spacial score (nSPS) is 27.6. The molecule has 10 heteroatoms. The fourth-order valence-electron chi connectivity index (χ4n) is 3.73. The maximum absolute atomic E-state index is 13.2. The molecule has 152 valence electrons. The zero-order valence-corrected chi connectivity index (χ0v) is 17.0. The third kappa shape index (κ3) is 2.55. The first kappa shape index (κ1) is 20.3.